The highest BCUT2D eigenvalue weighted by atomic mass is 35.5. The number of rotatable bonds is 6. The van der Waals surface area contributed by atoms with Crippen molar-refractivity contribution in [1.82, 2.24) is 4.98 Å². The van der Waals surface area contributed by atoms with E-state index in [0.717, 1.165) is 22.3 Å². The van der Waals surface area contributed by atoms with Gasteiger partial charge < -0.3 is 10.5 Å². The molecule has 0 aliphatic rings. The van der Waals surface area contributed by atoms with Gasteiger partial charge in [0.15, 0.2) is 0 Å². The lowest BCUT2D eigenvalue weighted by atomic mass is 9.95. The third-order valence-corrected chi connectivity index (χ3v) is 4.59. The van der Waals surface area contributed by atoms with Crippen LogP contribution in [0.1, 0.15) is 34.7 Å². The molecule has 28 heavy (non-hydrogen) atoms. The molecular weight excluding hydrogens is 372 g/mol. The number of aryl methyl sites for hydroxylation is 2. The summed E-state index contributed by atoms with van der Waals surface area (Å²) in [5.41, 5.74) is 12.6. The van der Waals surface area contributed by atoms with Crippen LogP contribution in [0.5, 0.6) is 0 Å². The van der Waals surface area contributed by atoms with Crippen molar-refractivity contribution >= 4 is 18.4 Å². The first-order valence-corrected chi connectivity index (χ1v) is 9.01. The Hall–Kier alpha value is -2.69. The Labute approximate surface area is 172 Å². The molecule has 1 atom stereocenters. The largest absolute Gasteiger partial charge is 0.461 e. The predicted molar refractivity (Wildman–Crippen MR) is 114 cm³/mol. The molecule has 1 heterocycles. The molecule has 2 N–H and O–H groups in total. The van der Waals surface area contributed by atoms with Crippen molar-refractivity contribution in [3.05, 3.63) is 89.2 Å². The van der Waals surface area contributed by atoms with E-state index in [9.17, 15) is 4.79 Å². The number of aromatic nitrogens is 1. The van der Waals surface area contributed by atoms with Crippen LogP contribution in [0.3, 0.4) is 0 Å². The molecule has 4 nitrogen and oxygen atoms in total. The summed E-state index contributed by atoms with van der Waals surface area (Å²) in [6.07, 6.45) is 3.66. The number of nitrogens with zero attached hydrogens (tertiary/aromatic N) is 1. The predicted octanol–water partition coefficient (Wildman–Crippen LogP) is 4.92. The van der Waals surface area contributed by atoms with Crippen molar-refractivity contribution < 1.29 is 9.53 Å². The number of ether oxygens (including phenoxy) is 1. The van der Waals surface area contributed by atoms with E-state index in [0.29, 0.717) is 0 Å². The number of pyridine rings is 1. The van der Waals surface area contributed by atoms with Gasteiger partial charge in [-0.3, -0.25) is 9.78 Å². The van der Waals surface area contributed by atoms with Gasteiger partial charge in [-0.05, 0) is 47.7 Å². The quantitative estimate of drug-likeness (QED) is 0.600. The van der Waals surface area contributed by atoms with Gasteiger partial charge in [-0.1, -0.05) is 48.5 Å². The summed E-state index contributed by atoms with van der Waals surface area (Å²) in [5, 5.41) is 0. The zero-order valence-electron chi connectivity index (χ0n) is 16.1. The molecule has 2 aromatic carbocycles. The van der Waals surface area contributed by atoms with Gasteiger partial charge in [-0.15, -0.1) is 12.4 Å². The van der Waals surface area contributed by atoms with Gasteiger partial charge in [0.25, 0.3) is 0 Å². The Kier molecular flexibility index (Phi) is 7.73. The van der Waals surface area contributed by atoms with Crippen molar-refractivity contribution in [2.75, 3.05) is 0 Å². The van der Waals surface area contributed by atoms with Crippen LogP contribution in [0.2, 0.25) is 0 Å². The van der Waals surface area contributed by atoms with Crippen LogP contribution in [0.25, 0.3) is 11.1 Å². The summed E-state index contributed by atoms with van der Waals surface area (Å²) in [6.45, 7) is 4.42. The van der Waals surface area contributed by atoms with Crippen LogP contribution in [-0.4, -0.2) is 11.0 Å². The lowest BCUT2D eigenvalue weighted by molar-refractivity contribution is -0.145. The van der Waals surface area contributed by atoms with E-state index in [1.807, 2.05) is 48.7 Å². The smallest absolute Gasteiger partial charge is 0.308 e. The molecule has 3 aromatic rings. The van der Waals surface area contributed by atoms with Crippen LogP contribution in [0.15, 0.2) is 67.0 Å². The maximum absolute atomic E-state index is 12.1. The van der Waals surface area contributed by atoms with E-state index >= 15 is 0 Å². The summed E-state index contributed by atoms with van der Waals surface area (Å²) in [5.74, 6) is -0.316. The molecule has 0 fully saturated rings. The first-order chi connectivity index (χ1) is 13.0. The fourth-order valence-electron chi connectivity index (χ4n) is 3.16. The van der Waals surface area contributed by atoms with E-state index in [1.54, 1.807) is 6.20 Å². The Morgan fingerprint density at radius 1 is 1.04 bits per heavy atom. The lowest BCUT2D eigenvalue weighted by Crippen LogP contribution is -2.17. The summed E-state index contributed by atoms with van der Waals surface area (Å²) in [4.78, 5) is 16.5. The number of hydrogen-bond donors (Lipinski definition) is 1. The zero-order chi connectivity index (χ0) is 19.2. The Morgan fingerprint density at radius 2 is 1.71 bits per heavy atom. The molecule has 3 rings (SSSR count). The monoisotopic (exact) mass is 396 g/mol. The van der Waals surface area contributed by atoms with Crippen LogP contribution >= 0.6 is 12.4 Å². The number of hydrogen-bond acceptors (Lipinski definition) is 4. The molecule has 1 aromatic heterocycles. The Bertz CT molecular complexity index is 909. The lowest BCUT2D eigenvalue weighted by Gasteiger charge is -2.14. The normalized spacial score (nSPS) is 11.4. The third kappa shape index (κ3) is 5.41. The molecule has 0 spiro atoms. The second-order valence-corrected chi connectivity index (χ2v) is 6.73. The van der Waals surface area contributed by atoms with Gasteiger partial charge >= 0.3 is 5.97 Å². The topological polar surface area (TPSA) is 65.2 Å². The minimum absolute atomic E-state index is 0. The van der Waals surface area contributed by atoms with E-state index in [4.69, 9.17) is 10.5 Å². The molecule has 0 aliphatic heterocycles. The average Bonchev–Trinajstić information content (AvgIpc) is 2.67. The SMILES string of the molecule is Cc1cccc(C)c1-c1cncc([C@H](N)CC(=O)OCc2ccccc2)c1.Cl. The first kappa shape index (κ1) is 21.6. The Morgan fingerprint density at radius 3 is 2.39 bits per heavy atom. The van der Waals surface area contributed by atoms with Gasteiger partial charge in [0.1, 0.15) is 6.61 Å². The molecule has 0 radical (unpaired) electrons. The third-order valence-electron chi connectivity index (χ3n) is 4.59. The van der Waals surface area contributed by atoms with E-state index in [1.165, 1.54) is 11.1 Å². The molecule has 0 unspecified atom stereocenters. The second-order valence-electron chi connectivity index (χ2n) is 6.73. The van der Waals surface area contributed by atoms with E-state index in [-0.39, 0.29) is 31.4 Å². The van der Waals surface area contributed by atoms with E-state index < -0.39 is 6.04 Å². The van der Waals surface area contributed by atoms with Crippen molar-refractivity contribution in [3.63, 3.8) is 0 Å². The molecule has 0 saturated heterocycles. The summed E-state index contributed by atoms with van der Waals surface area (Å²) in [6, 6.07) is 17.4. The highest BCUT2D eigenvalue weighted by Crippen LogP contribution is 2.28. The average molecular weight is 397 g/mol. The van der Waals surface area contributed by atoms with Crippen molar-refractivity contribution in [1.29, 1.82) is 0 Å². The summed E-state index contributed by atoms with van der Waals surface area (Å²) in [7, 11) is 0. The zero-order valence-corrected chi connectivity index (χ0v) is 16.9. The van der Waals surface area contributed by atoms with E-state index in [2.05, 4.69) is 31.0 Å². The molecule has 5 heteroatoms. The molecule has 0 bridgehead atoms. The Balaban J connectivity index is 0.00000280. The maximum Gasteiger partial charge on any atom is 0.308 e. The highest BCUT2D eigenvalue weighted by molar-refractivity contribution is 5.85. The van der Waals surface area contributed by atoms with Crippen molar-refractivity contribution in [2.45, 2.75) is 32.9 Å². The van der Waals surface area contributed by atoms with Gasteiger partial charge in [-0.2, -0.15) is 0 Å². The standard InChI is InChI=1S/C23H24N2O2.ClH/c1-16-7-6-8-17(2)23(16)20-11-19(13-25-14-20)21(24)12-22(26)27-15-18-9-4-3-5-10-18;/h3-11,13-14,21H,12,15,24H2,1-2H3;1H/t21-;/m1./s1. The number of carbonyl (C=O) groups is 1. The molecule has 0 aliphatic carbocycles. The van der Waals surface area contributed by atoms with Crippen molar-refractivity contribution in [2.24, 2.45) is 5.73 Å². The number of nitrogens with two attached hydrogens (primary N) is 1. The van der Waals surface area contributed by atoms with Crippen LogP contribution in [-0.2, 0) is 16.1 Å². The van der Waals surface area contributed by atoms with Crippen LogP contribution < -0.4 is 5.73 Å². The highest BCUT2D eigenvalue weighted by Gasteiger charge is 2.15. The number of esters is 1. The second kappa shape index (κ2) is 10.0. The minimum atomic E-state index is -0.454. The van der Waals surface area contributed by atoms with Gasteiger partial charge in [0.2, 0.25) is 0 Å². The number of halogens is 1. The van der Waals surface area contributed by atoms with Crippen molar-refractivity contribution in [3.8, 4) is 11.1 Å². The molecular formula is C23H25ClN2O2. The number of benzene rings is 2. The fraction of sp³-hybridized carbons (Fsp3) is 0.217. The van der Waals surface area contributed by atoms with Crippen LogP contribution in [0, 0.1) is 13.8 Å². The summed E-state index contributed by atoms with van der Waals surface area (Å²) < 4.78 is 5.33. The van der Waals surface area contributed by atoms with Gasteiger partial charge in [0.05, 0.1) is 6.42 Å². The number of carbonyl (C=O) groups excluding carboxylic acids is 1. The maximum atomic E-state index is 12.1. The minimum Gasteiger partial charge on any atom is -0.461 e. The molecule has 0 amide bonds. The van der Waals surface area contributed by atoms with Gasteiger partial charge in [0, 0.05) is 24.0 Å². The summed E-state index contributed by atoms with van der Waals surface area (Å²) >= 11 is 0. The van der Waals surface area contributed by atoms with Crippen LogP contribution in [0.4, 0.5) is 0 Å². The van der Waals surface area contributed by atoms with Gasteiger partial charge in [-0.25, -0.2) is 0 Å². The molecule has 0 saturated carbocycles. The molecule has 146 valence electrons. The first-order valence-electron chi connectivity index (χ1n) is 9.01. The fourth-order valence-corrected chi connectivity index (χ4v) is 3.16.